The van der Waals surface area contributed by atoms with Crippen molar-refractivity contribution in [2.75, 3.05) is 20.8 Å². The van der Waals surface area contributed by atoms with E-state index in [1.807, 2.05) is 6.07 Å². The molecule has 2 rings (SSSR count). The average molecular weight is 300 g/mol. The van der Waals surface area contributed by atoms with Gasteiger partial charge < -0.3 is 14.8 Å². The van der Waals surface area contributed by atoms with E-state index in [-0.39, 0.29) is 0 Å². The van der Waals surface area contributed by atoms with Crippen LogP contribution in [0.4, 0.5) is 0 Å². The smallest absolute Gasteiger partial charge is 0.175 e. The fourth-order valence-corrected chi connectivity index (χ4v) is 2.94. The summed E-state index contributed by atoms with van der Waals surface area (Å²) in [6, 6.07) is 4.66. The Morgan fingerprint density at radius 3 is 2.76 bits per heavy atom. The maximum atomic E-state index is 5.38. The Balaban J connectivity index is 2.22. The molecule has 4 heteroatoms. The SMILES string of the molecule is COc1ccc(CC2CCCN2)c(Br)c1OC. The van der Waals surface area contributed by atoms with Gasteiger partial charge in [0, 0.05) is 6.04 Å². The number of rotatable bonds is 4. The van der Waals surface area contributed by atoms with Gasteiger partial charge in [-0.2, -0.15) is 0 Å². The third-order valence-electron chi connectivity index (χ3n) is 3.19. The van der Waals surface area contributed by atoms with Crippen LogP contribution in [0.5, 0.6) is 11.5 Å². The molecule has 1 aliphatic rings. The molecular weight excluding hydrogens is 282 g/mol. The summed E-state index contributed by atoms with van der Waals surface area (Å²) in [7, 11) is 3.32. The van der Waals surface area contributed by atoms with Gasteiger partial charge in [0.1, 0.15) is 0 Å². The lowest BCUT2D eigenvalue weighted by molar-refractivity contribution is 0.352. The van der Waals surface area contributed by atoms with E-state index in [1.54, 1.807) is 14.2 Å². The summed E-state index contributed by atoms with van der Waals surface area (Å²) < 4.78 is 11.7. The highest BCUT2D eigenvalue weighted by molar-refractivity contribution is 9.10. The number of benzene rings is 1. The van der Waals surface area contributed by atoms with Crippen LogP contribution in [0.25, 0.3) is 0 Å². The van der Waals surface area contributed by atoms with E-state index in [0.717, 1.165) is 28.9 Å². The normalized spacial score (nSPS) is 19.4. The van der Waals surface area contributed by atoms with Gasteiger partial charge in [0.15, 0.2) is 11.5 Å². The van der Waals surface area contributed by atoms with Crippen LogP contribution in [0.1, 0.15) is 18.4 Å². The van der Waals surface area contributed by atoms with Crippen molar-refractivity contribution in [3.05, 3.63) is 22.2 Å². The summed E-state index contributed by atoms with van der Waals surface area (Å²) in [6.45, 7) is 1.13. The summed E-state index contributed by atoms with van der Waals surface area (Å²) in [4.78, 5) is 0. The van der Waals surface area contributed by atoms with E-state index in [2.05, 4.69) is 27.3 Å². The molecule has 1 fully saturated rings. The Hall–Kier alpha value is -0.740. The van der Waals surface area contributed by atoms with Crippen molar-refractivity contribution in [2.24, 2.45) is 0 Å². The van der Waals surface area contributed by atoms with Crippen molar-refractivity contribution >= 4 is 15.9 Å². The first kappa shape index (κ1) is 12.7. The van der Waals surface area contributed by atoms with Crippen LogP contribution in [0.2, 0.25) is 0 Å². The van der Waals surface area contributed by atoms with E-state index in [4.69, 9.17) is 9.47 Å². The maximum absolute atomic E-state index is 5.38. The number of ether oxygens (including phenoxy) is 2. The molecular formula is C13H18BrNO2. The summed E-state index contributed by atoms with van der Waals surface area (Å²) >= 11 is 3.61. The molecule has 1 aliphatic heterocycles. The Morgan fingerprint density at radius 2 is 2.18 bits per heavy atom. The van der Waals surface area contributed by atoms with Crippen molar-refractivity contribution < 1.29 is 9.47 Å². The highest BCUT2D eigenvalue weighted by atomic mass is 79.9. The molecule has 1 heterocycles. The number of hydrogen-bond acceptors (Lipinski definition) is 3. The number of nitrogens with one attached hydrogen (secondary N) is 1. The molecule has 1 unspecified atom stereocenters. The Morgan fingerprint density at radius 1 is 1.35 bits per heavy atom. The van der Waals surface area contributed by atoms with E-state index >= 15 is 0 Å². The van der Waals surface area contributed by atoms with Gasteiger partial charge in [-0.05, 0) is 53.4 Å². The van der Waals surface area contributed by atoms with Crippen molar-refractivity contribution in [1.29, 1.82) is 0 Å². The predicted molar refractivity (Wildman–Crippen MR) is 72.0 cm³/mol. The predicted octanol–water partition coefficient (Wildman–Crippen LogP) is 2.76. The van der Waals surface area contributed by atoms with Gasteiger partial charge in [0.05, 0.1) is 18.7 Å². The number of methoxy groups -OCH3 is 2. The topological polar surface area (TPSA) is 30.5 Å². The molecule has 1 saturated heterocycles. The zero-order valence-corrected chi connectivity index (χ0v) is 11.8. The van der Waals surface area contributed by atoms with Crippen molar-refractivity contribution in [3.63, 3.8) is 0 Å². The van der Waals surface area contributed by atoms with Crippen LogP contribution in [0.15, 0.2) is 16.6 Å². The second-order valence-electron chi connectivity index (χ2n) is 4.27. The molecule has 0 radical (unpaired) electrons. The summed E-state index contributed by atoms with van der Waals surface area (Å²) in [5.74, 6) is 1.55. The largest absolute Gasteiger partial charge is 0.493 e. The fourth-order valence-electron chi connectivity index (χ4n) is 2.28. The van der Waals surface area contributed by atoms with E-state index in [0.29, 0.717) is 6.04 Å². The monoisotopic (exact) mass is 299 g/mol. The van der Waals surface area contributed by atoms with Gasteiger partial charge in [-0.25, -0.2) is 0 Å². The minimum atomic E-state index is 0.587. The first-order valence-electron chi connectivity index (χ1n) is 5.89. The Kier molecular flexibility index (Phi) is 4.29. The molecule has 17 heavy (non-hydrogen) atoms. The Bertz CT molecular complexity index is 389. The van der Waals surface area contributed by atoms with Crippen LogP contribution in [-0.2, 0) is 6.42 Å². The Labute approximate surface area is 111 Å². The van der Waals surface area contributed by atoms with Gasteiger partial charge in [-0.1, -0.05) is 6.07 Å². The molecule has 0 amide bonds. The van der Waals surface area contributed by atoms with Gasteiger partial charge in [-0.15, -0.1) is 0 Å². The molecule has 0 bridgehead atoms. The molecule has 0 aromatic heterocycles. The second kappa shape index (κ2) is 5.74. The van der Waals surface area contributed by atoms with Gasteiger partial charge in [-0.3, -0.25) is 0 Å². The quantitative estimate of drug-likeness (QED) is 0.927. The van der Waals surface area contributed by atoms with E-state index in [9.17, 15) is 0 Å². The lowest BCUT2D eigenvalue weighted by atomic mass is 10.0. The van der Waals surface area contributed by atoms with Crippen LogP contribution in [0.3, 0.4) is 0 Å². The minimum absolute atomic E-state index is 0.587. The summed E-state index contributed by atoms with van der Waals surface area (Å²) in [5.41, 5.74) is 1.27. The van der Waals surface area contributed by atoms with Crippen LogP contribution >= 0.6 is 15.9 Å². The lowest BCUT2D eigenvalue weighted by Crippen LogP contribution is -2.23. The zero-order chi connectivity index (χ0) is 12.3. The van der Waals surface area contributed by atoms with Gasteiger partial charge in [0.2, 0.25) is 0 Å². The lowest BCUT2D eigenvalue weighted by Gasteiger charge is -2.15. The van der Waals surface area contributed by atoms with E-state index in [1.165, 1.54) is 18.4 Å². The van der Waals surface area contributed by atoms with Crippen LogP contribution in [0, 0.1) is 0 Å². The molecule has 3 nitrogen and oxygen atoms in total. The third kappa shape index (κ3) is 2.75. The number of hydrogen-bond donors (Lipinski definition) is 1. The van der Waals surface area contributed by atoms with Crippen molar-refractivity contribution in [2.45, 2.75) is 25.3 Å². The van der Waals surface area contributed by atoms with Crippen LogP contribution in [-0.4, -0.2) is 26.8 Å². The van der Waals surface area contributed by atoms with Crippen molar-refractivity contribution in [3.8, 4) is 11.5 Å². The molecule has 1 N–H and O–H groups in total. The molecule has 1 aromatic rings. The first-order chi connectivity index (χ1) is 8.26. The minimum Gasteiger partial charge on any atom is -0.493 e. The molecule has 0 spiro atoms. The van der Waals surface area contributed by atoms with E-state index < -0.39 is 0 Å². The van der Waals surface area contributed by atoms with Crippen molar-refractivity contribution in [1.82, 2.24) is 5.32 Å². The molecule has 1 atom stereocenters. The summed E-state index contributed by atoms with van der Waals surface area (Å²) in [5, 5.41) is 3.51. The third-order valence-corrected chi connectivity index (χ3v) is 4.06. The number of halogens is 1. The second-order valence-corrected chi connectivity index (χ2v) is 5.06. The van der Waals surface area contributed by atoms with Gasteiger partial charge >= 0.3 is 0 Å². The highest BCUT2D eigenvalue weighted by Gasteiger charge is 2.18. The van der Waals surface area contributed by atoms with Crippen LogP contribution < -0.4 is 14.8 Å². The fraction of sp³-hybridized carbons (Fsp3) is 0.538. The molecule has 0 saturated carbocycles. The maximum Gasteiger partial charge on any atom is 0.175 e. The molecule has 1 aromatic carbocycles. The molecule has 94 valence electrons. The zero-order valence-electron chi connectivity index (χ0n) is 10.3. The summed E-state index contributed by atoms with van der Waals surface area (Å²) in [6.07, 6.45) is 3.55. The molecule has 0 aliphatic carbocycles. The average Bonchev–Trinajstić information content (AvgIpc) is 2.84. The first-order valence-corrected chi connectivity index (χ1v) is 6.68. The highest BCUT2D eigenvalue weighted by Crippen LogP contribution is 2.38. The van der Waals surface area contributed by atoms with Gasteiger partial charge in [0.25, 0.3) is 0 Å². The standard InChI is InChI=1S/C13H18BrNO2/c1-16-11-6-5-9(12(14)13(11)17-2)8-10-4-3-7-15-10/h5-6,10,15H,3-4,7-8H2,1-2H3.